The lowest BCUT2D eigenvalue weighted by molar-refractivity contribution is -0.143. The van der Waals surface area contributed by atoms with Gasteiger partial charge in [0.2, 0.25) is 0 Å². The van der Waals surface area contributed by atoms with E-state index in [0.29, 0.717) is 6.61 Å². The van der Waals surface area contributed by atoms with Gasteiger partial charge in [-0.2, -0.15) is 0 Å². The van der Waals surface area contributed by atoms with E-state index >= 15 is 0 Å². The number of aryl methyl sites for hydroxylation is 1. The lowest BCUT2D eigenvalue weighted by Crippen LogP contribution is -2.12. The van der Waals surface area contributed by atoms with E-state index < -0.39 is 0 Å². The molecule has 1 aliphatic carbocycles. The van der Waals surface area contributed by atoms with E-state index in [-0.39, 0.29) is 18.6 Å². The maximum atomic E-state index is 11.4. The Bertz CT molecular complexity index is 397. The maximum Gasteiger partial charge on any atom is 0.325 e. The Morgan fingerprint density at radius 1 is 1.53 bits per heavy atom. The quantitative estimate of drug-likeness (QED) is 0.644. The van der Waals surface area contributed by atoms with Gasteiger partial charge in [-0.1, -0.05) is 6.42 Å². The number of aliphatic hydroxyl groups excluding tert-OH is 1. The zero-order valence-electron chi connectivity index (χ0n) is 10.2. The molecule has 0 fully saturated rings. The van der Waals surface area contributed by atoms with Crippen LogP contribution in [0.4, 0.5) is 0 Å². The molecule has 1 aliphatic rings. The van der Waals surface area contributed by atoms with E-state index in [1.165, 1.54) is 5.56 Å². The predicted molar refractivity (Wildman–Crippen MR) is 63.6 cm³/mol. The molecule has 1 atom stereocenters. The summed E-state index contributed by atoms with van der Waals surface area (Å²) in [6.45, 7) is 2.43. The van der Waals surface area contributed by atoms with Gasteiger partial charge >= 0.3 is 5.97 Å². The van der Waals surface area contributed by atoms with Crippen molar-refractivity contribution >= 4 is 5.97 Å². The largest absolute Gasteiger partial charge is 0.465 e. The van der Waals surface area contributed by atoms with Gasteiger partial charge in [0.25, 0.3) is 0 Å². The molecule has 4 nitrogen and oxygen atoms in total. The number of aliphatic hydroxyl groups is 1. The van der Waals surface area contributed by atoms with Crippen LogP contribution in [0.5, 0.6) is 0 Å². The summed E-state index contributed by atoms with van der Waals surface area (Å²) in [7, 11) is 0. The van der Waals surface area contributed by atoms with Crippen molar-refractivity contribution in [2.24, 2.45) is 0 Å². The fourth-order valence-corrected chi connectivity index (χ4v) is 2.34. The molecule has 1 aromatic heterocycles. The molecule has 4 heteroatoms. The van der Waals surface area contributed by atoms with Crippen molar-refractivity contribution < 1.29 is 14.6 Å². The number of esters is 1. The number of hydrogen-bond donors (Lipinski definition) is 1. The van der Waals surface area contributed by atoms with Gasteiger partial charge < -0.3 is 14.4 Å². The third-order valence-corrected chi connectivity index (χ3v) is 3.15. The predicted octanol–water partition coefficient (Wildman–Crippen LogP) is 1.81. The summed E-state index contributed by atoms with van der Waals surface area (Å²) in [5.41, 5.74) is 2.14. The summed E-state index contributed by atoms with van der Waals surface area (Å²) in [6.07, 6.45) is 7.43. The van der Waals surface area contributed by atoms with Crippen molar-refractivity contribution in [2.45, 2.75) is 45.3 Å². The van der Waals surface area contributed by atoms with E-state index in [1.807, 2.05) is 17.0 Å². The van der Waals surface area contributed by atoms with E-state index in [1.54, 1.807) is 6.92 Å². The SMILES string of the molecule is CCOC(=O)Cn1cc2c(c1)C(O)CCCC2. The Kier molecular flexibility index (Phi) is 3.84. The molecule has 0 saturated heterocycles. The number of fused-ring (bicyclic) bond motifs is 1. The van der Waals surface area contributed by atoms with Crippen molar-refractivity contribution in [1.29, 1.82) is 0 Å². The summed E-state index contributed by atoms with van der Waals surface area (Å²) in [5, 5.41) is 9.96. The molecule has 0 aromatic carbocycles. The minimum absolute atomic E-state index is 0.229. The number of carbonyl (C=O) groups excluding carboxylic acids is 1. The van der Waals surface area contributed by atoms with Gasteiger partial charge in [0.05, 0.1) is 12.7 Å². The second kappa shape index (κ2) is 5.36. The van der Waals surface area contributed by atoms with Crippen LogP contribution in [0, 0.1) is 0 Å². The zero-order chi connectivity index (χ0) is 12.3. The first-order chi connectivity index (χ1) is 8.20. The lowest BCUT2D eigenvalue weighted by Gasteiger charge is -2.06. The third-order valence-electron chi connectivity index (χ3n) is 3.15. The molecule has 0 aliphatic heterocycles. The van der Waals surface area contributed by atoms with Crippen LogP contribution in [0.2, 0.25) is 0 Å². The van der Waals surface area contributed by atoms with Gasteiger partial charge in [-0.25, -0.2) is 0 Å². The Balaban J connectivity index is 2.11. The van der Waals surface area contributed by atoms with E-state index in [9.17, 15) is 9.90 Å². The molecular weight excluding hydrogens is 218 g/mol. The molecule has 0 saturated carbocycles. The number of aromatic nitrogens is 1. The summed E-state index contributed by atoms with van der Waals surface area (Å²) in [6, 6.07) is 0. The molecule has 1 N–H and O–H groups in total. The Morgan fingerprint density at radius 2 is 2.35 bits per heavy atom. The third kappa shape index (κ3) is 2.88. The Morgan fingerprint density at radius 3 is 3.12 bits per heavy atom. The average molecular weight is 237 g/mol. The topological polar surface area (TPSA) is 51.5 Å². The number of rotatable bonds is 3. The van der Waals surface area contributed by atoms with E-state index in [4.69, 9.17) is 4.74 Å². The van der Waals surface area contributed by atoms with E-state index in [0.717, 1.165) is 31.2 Å². The highest BCUT2D eigenvalue weighted by molar-refractivity contribution is 5.69. The van der Waals surface area contributed by atoms with Crippen LogP contribution in [0.3, 0.4) is 0 Å². The molecule has 1 unspecified atom stereocenters. The van der Waals surface area contributed by atoms with Crippen LogP contribution in [-0.2, 0) is 22.5 Å². The molecule has 2 rings (SSSR count). The number of ether oxygens (including phenoxy) is 1. The van der Waals surface area contributed by atoms with Gasteiger partial charge in [-0.3, -0.25) is 4.79 Å². The first-order valence-electron chi connectivity index (χ1n) is 6.23. The van der Waals surface area contributed by atoms with Crippen molar-refractivity contribution in [1.82, 2.24) is 4.57 Å². The standard InChI is InChI=1S/C13H19NO3/c1-2-17-13(16)9-14-7-10-5-3-4-6-12(15)11(10)8-14/h7-8,12,15H,2-6,9H2,1H3. The molecule has 0 spiro atoms. The summed E-state index contributed by atoms with van der Waals surface area (Å²) >= 11 is 0. The Labute approximate surface area is 101 Å². The number of nitrogens with zero attached hydrogens (tertiary/aromatic N) is 1. The second-order valence-electron chi connectivity index (χ2n) is 4.48. The number of hydrogen-bond acceptors (Lipinski definition) is 3. The van der Waals surface area contributed by atoms with Crippen molar-refractivity contribution in [3.05, 3.63) is 23.5 Å². The van der Waals surface area contributed by atoms with Crippen LogP contribution in [0.1, 0.15) is 43.4 Å². The van der Waals surface area contributed by atoms with Crippen LogP contribution in [-0.4, -0.2) is 22.2 Å². The zero-order valence-corrected chi connectivity index (χ0v) is 10.2. The number of carbonyl (C=O) groups is 1. The average Bonchev–Trinajstić information content (AvgIpc) is 2.60. The summed E-state index contributed by atoms with van der Waals surface area (Å²) < 4.78 is 6.72. The molecule has 17 heavy (non-hydrogen) atoms. The van der Waals surface area contributed by atoms with Gasteiger partial charge in [0.1, 0.15) is 6.54 Å². The van der Waals surface area contributed by atoms with Gasteiger partial charge in [0, 0.05) is 18.0 Å². The molecular formula is C13H19NO3. The van der Waals surface area contributed by atoms with Crippen LogP contribution in [0.25, 0.3) is 0 Å². The smallest absolute Gasteiger partial charge is 0.325 e. The highest BCUT2D eigenvalue weighted by Crippen LogP contribution is 2.29. The Hall–Kier alpha value is -1.29. The second-order valence-corrected chi connectivity index (χ2v) is 4.48. The first kappa shape index (κ1) is 12.2. The molecule has 1 aromatic rings. The summed E-state index contributed by atoms with van der Waals surface area (Å²) in [5.74, 6) is -0.229. The van der Waals surface area contributed by atoms with Crippen LogP contribution < -0.4 is 0 Å². The first-order valence-corrected chi connectivity index (χ1v) is 6.23. The highest BCUT2D eigenvalue weighted by Gasteiger charge is 2.19. The fourth-order valence-electron chi connectivity index (χ4n) is 2.34. The van der Waals surface area contributed by atoms with Crippen molar-refractivity contribution in [3.8, 4) is 0 Å². The normalized spacial score (nSPS) is 19.5. The van der Waals surface area contributed by atoms with Crippen molar-refractivity contribution in [3.63, 3.8) is 0 Å². The van der Waals surface area contributed by atoms with Crippen LogP contribution in [0.15, 0.2) is 12.4 Å². The molecule has 94 valence electrons. The van der Waals surface area contributed by atoms with Gasteiger partial charge in [0.15, 0.2) is 0 Å². The summed E-state index contributed by atoms with van der Waals surface area (Å²) in [4.78, 5) is 11.4. The van der Waals surface area contributed by atoms with Gasteiger partial charge in [-0.15, -0.1) is 0 Å². The fraction of sp³-hybridized carbons (Fsp3) is 0.615. The van der Waals surface area contributed by atoms with Gasteiger partial charge in [-0.05, 0) is 31.7 Å². The monoisotopic (exact) mass is 237 g/mol. The maximum absolute atomic E-state index is 11.4. The molecule has 0 amide bonds. The highest BCUT2D eigenvalue weighted by atomic mass is 16.5. The van der Waals surface area contributed by atoms with Crippen molar-refractivity contribution in [2.75, 3.05) is 6.61 Å². The minimum Gasteiger partial charge on any atom is -0.465 e. The lowest BCUT2D eigenvalue weighted by atomic mass is 10.1. The van der Waals surface area contributed by atoms with Crippen LogP contribution >= 0.6 is 0 Å². The molecule has 0 bridgehead atoms. The van der Waals surface area contributed by atoms with E-state index in [2.05, 4.69) is 0 Å². The molecule has 0 radical (unpaired) electrons. The molecule has 1 heterocycles. The minimum atomic E-state index is -0.379.